The van der Waals surface area contributed by atoms with E-state index < -0.39 is 22.8 Å². The Morgan fingerprint density at radius 1 is 0.872 bits per heavy atom. The molecule has 0 aliphatic carbocycles. The molecular formula is C30H39N2O5PS. The Morgan fingerprint density at radius 3 is 2.00 bits per heavy atom. The third kappa shape index (κ3) is 6.88. The van der Waals surface area contributed by atoms with Crippen LogP contribution in [0.4, 0.5) is 0 Å². The van der Waals surface area contributed by atoms with Crippen LogP contribution in [0.15, 0.2) is 89.8 Å². The Bertz CT molecular complexity index is 1340. The van der Waals surface area contributed by atoms with E-state index >= 15 is 0 Å². The van der Waals surface area contributed by atoms with E-state index in [0.29, 0.717) is 26.1 Å². The Balaban J connectivity index is 1.75. The third-order valence-corrected chi connectivity index (χ3v) is 11.8. The van der Waals surface area contributed by atoms with Crippen molar-refractivity contribution in [1.29, 1.82) is 0 Å². The van der Waals surface area contributed by atoms with Crippen molar-refractivity contribution in [2.24, 2.45) is 0 Å². The van der Waals surface area contributed by atoms with Crippen LogP contribution in [-0.2, 0) is 36.7 Å². The van der Waals surface area contributed by atoms with Crippen LogP contribution >= 0.6 is 7.60 Å². The number of aryl methyl sites for hydroxylation is 1. The maximum absolute atomic E-state index is 14.5. The molecule has 0 radical (unpaired) electrons. The van der Waals surface area contributed by atoms with Crippen molar-refractivity contribution in [3.05, 3.63) is 102 Å². The minimum Gasteiger partial charge on any atom is -0.308 e. The van der Waals surface area contributed by atoms with E-state index in [-0.39, 0.29) is 31.2 Å². The molecule has 0 saturated carbocycles. The number of benzene rings is 3. The molecule has 39 heavy (non-hydrogen) atoms. The lowest BCUT2D eigenvalue weighted by atomic mass is 10.1. The second kappa shape index (κ2) is 12.9. The van der Waals surface area contributed by atoms with E-state index in [2.05, 4.69) is 17.0 Å². The van der Waals surface area contributed by atoms with Crippen molar-refractivity contribution in [3.63, 3.8) is 0 Å². The molecule has 1 aliphatic heterocycles. The molecule has 0 N–H and O–H groups in total. The quantitative estimate of drug-likeness (QED) is 0.231. The molecule has 0 amide bonds. The first-order valence-corrected chi connectivity index (χ1v) is 16.5. The first kappa shape index (κ1) is 29.7. The summed E-state index contributed by atoms with van der Waals surface area (Å²) in [4.78, 5) is 2.43. The molecule has 1 heterocycles. The van der Waals surface area contributed by atoms with Gasteiger partial charge in [0, 0.05) is 26.2 Å². The smallest absolute Gasteiger partial charge is 0.308 e. The van der Waals surface area contributed by atoms with Gasteiger partial charge in [-0.15, -0.1) is 0 Å². The second-order valence-electron chi connectivity index (χ2n) is 10.1. The normalized spacial score (nSPS) is 18.6. The monoisotopic (exact) mass is 570 g/mol. The Morgan fingerprint density at radius 2 is 1.44 bits per heavy atom. The molecule has 0 bridgehead atoms. The van der Waals surface area contributed by atoms with Crippen LogP contribution in [0.5, 0.6) is 0 Å². The van der Waals surface area contributed by atoms with Crippen molar-refractivity contribution in [3.8, 4) is 0 Å². The molecule has 9 heteroatoms. The van der Waals surface area contributed by atoms with Gasteiger partial charge in [0.25, 0.3) is 0 Å². The minimum absolute atomic E-state index is 0.0146. The molecule has 7 nitrogen and oxygen atoms in total. The maximum Gasteiger partial charge on any atom is 0.339 e. The maximum atomic E-state index is 14.5. The molecule has 1 fully saturated rings. The first-order chi connectivity index (χ1) is 18.7. The summed E-state index contributed by atoms with van der Waals surface area (Å²) >= 11 is 0. The highest BCUT2D eigenvalue weighted by molar-refractivity contribution is 7.89. The largest absolute Gasteiger partial charge is 0.339 e. The van der Waals surface area contributed by atoms with Crippen molar-refractivity contribution in [2.75, 3.05) is 32.8 Å². The summed E-state index contributed by atoms with van der Waals surface area (Å²) in [6.07, 6.45) is 0.492. The van der Waals surface area contributed by atoms with Crippen LogP contribution < -0.4 is 0 Å². The number of likely N-dealkylation sites (tertiary alicyclic amines) is 1. The average Bonchev–Trinajstić information content (AvgIpc) is 3.34. The SMILES string of the molecule is CCOP(=O)(OCC)C1(CN(Cc2ccccc2)S(=O)(=O)c2ccc(C)cc2)CCN(Cc2ccccc2)C1. The molecule has 1 atom stereocenters. The Hall–Kier alpha value is -2.32. The van der Waals surface area contributed by atoms with Gasteiger partial charge in [-0.3, -0.25) is 9.46 Å². The number of sulfonamides is 1. The molecule has 0 spiro atoms. The summed E-state index contributed by atoms with van der Waals surface area (Å²) in [5.74, 6) is 0. The Labute approximate surface area is 233 Å². The van der Waals surface area contributed by atoms with Crippen molar-refractivity contribution < 1.29 is 22.0 Å². The van der Waals surface area contributed by atoms with Gasteiger partial charge in [0.2, 0.25) is 10.0 Å². The van der Waals surface area contributed by atoms with E-state index in [4.69, 9.17) is 9.05 Å². The van der Waals surface area contributed by atoms with Gasteiger partial charge in [0.15, 0.2) is 0 Å². The van der Waals surface area contributed by atoms with Gasteiger partial charge < -0.3 is 9.05 Å². The fraction of sp³-hybridized carbons (Fsp3) is 0.400. The lowest BCUT2D eigenvalue weighted by molar-refractivity contribution is 0.183. The molecule has 1 aliphatic rings. The number of nitrogens with zero attached hydrogens (tertiary/aromatic N) is 2. The first-order valence-electron chi connectivity index (χ1n) is 13.5. The van der Waals surface area contributed by atoms with Crippen molar-refractivity contribution >= 4 is 17.6 Å². The fourth-order valence-electron chi connectivity index (χ4n) is 5.21. The van der Waals surface area contributed by atoms with Crippen LogP contribution in [0, 0.1) is 6.92 Å². The predicted octanol–water partition coefficient (Wildman–Crippen LogP) is 6.10. The average molecular weight is 571 g/mol. The number of rotatable bonds is 13. The fourth-order valence-corrected chi connectivity index (χ4v) is 9.21. The molecule has 3 aromatic carbocycles. The van der Waals surface area contributed by atoms with Crippen LogP contribution in [0.2, 0.25) is 0 Å². The van der Waals surface area contributed by atoms with Gasteiger partial charge in [-0.05, 0) is 57.0 Å². The van der Waals surface area contributed by atoms with Gasteiger partial charge in [0.05, 0.1) is 18.1 Å². The highest BCUT2D eigenvalue weighted by Gasteiger charge is 2.56. The summed E-state index contributed by atoms with van der Waals surface area (Å²) in [7, 11) is -7.64. The molecule has 3 aromatic rings. The van der Waals surface area contributed by atoms with E-state index in [1.54, 1.807) is 38.1 Å². The molecular weight excluding hydrogens is 531 g/mol. The van der Waals surface area contributed by atoms with E-state index in [1.165, 1.54) is 4.31 Å². The van der Waals surface area contributed by atoms with Crippen molar-refractivity contribution in [1.82, 2.24) is 9.21 Å². The third-order valence-electron chi connectivity index (χ3n) is 7.17. The van der Waals surface area contributed by atoms with Crippen LogP contribution in [0.3, 0.4) is 0 Å². The van der Waals surface area contributed by atoms with Crippen LogP contribution in [0.25, 0.3) is 0 Å². The second-order valence-corrected chi connectivity index (χ2v) is 14.5. The predicted molar refractivity (Wildman–Crippen MR) is 155 cm³/mol. The molecule has 1 unspecified atom stereocenters. The van der Waals surface area contributed by atoms with Gasteiger partial charge in [-0.25, -0.2) is 8.42 Å². The summed E-state index contributed by atoms with van der Waals surface area (Å²) in [5, 5.41) is -1.03. The summed E-state index contributed by atoms with van der Waals surface area (Å²) < 4.78 is 56.1. The minimum atomic E-state index is -3.93. The molecule has 0 aromatic heterocycles. The lowest BCUT2D eigenvalue weighted by Crippen LogP contribution is -2.47. The standard InChI is InChI=1S/C30H39N2O5PS/c1-4-36-38(33,37-5-2)30(20-21-31(24-30)22-27-12-8-6-9-13-27)25-32(23-28-14-10-7-11-15-28)39(34,35)29-18-16-26(3)17-19-29/h6-19H,4-5,20-25H2,1-3H3. The van der Waals surface area contributed by atoms with Gasteiger partial charge >= 0.3 is 7.60 Å². The topological polar surface area (TPSA) is 76.1 Å². The van der Waals surface area contributed by atoms with Crippen LogP contribution in [0.1, 0.15) is 37.0 Å². The number of hydrogen-bond acceptors (Lipinski definition) is 6. The van der Waals surface area contributed by atoms with E-state index in [1.807, 2.05) is 55.5 Å². The summed E-state index contributed by atoms with van der Waals surface area (Å²) in [6, 6.07) is 26.5. The Kier molecular flexibility index (Phi) is 9.81. The zero-order valence-electron chi connectivity index (χ0n) is 23.0. The summed E-state index contributed by atoms with van der Waals surface area (Å²) in [5.41, 5.74) is 2.97. The summed E-state index contributed by atoms with van der Waals surface area (Å²) in [6.45, 7) is 7.81. The van der Waals surface area contributed by atoms with Crippen LogP contribution in [-0.4, -0.2) is 55.6 Å². The number of hydrogen-bond donors (Lipinski definition) is 0. The molecule has 1 saturated heterocycles. The lowest BCUT2D eigenvalue weighted by Gasteiger charge is -2.39. The van der Waals surface area contributed by atoms with Crippen molar-refractivity contribution in [2.45, 2.75) is 50.3 Å². The van der Waals surface area contributed by atoms with Gasteiger partial charge in [0.1, 0.15) is 5.16 Å². The van der Waals surface area contributed by atoms with Gasteiger partial charge in [-0.1, -0.05) is 78.4 Å². The highest BCUT2D eigenvalue weighted by atomic mass is 32.2. The highest BCUT2D eigenvalue weighted by Crippen LogP contribution is 2.64. The zero-order chi connectivity index (χ0) is 27.9. The zero-order valence-corrected chi connectivity index (χ0v) is 24.7. The molecule has 4 rings (SSSR count). The van der Waals surface area contributed by atoms with Gasteiger partial charge in [-0.2, -0.15) is 4.31 Å². The molecule has 210 valence electrons. The van der Waals surface area contributed by atoms with E-state index in [9.17, 15) is 13.0 Å². The van der Waals surface area contributed by atoms with E-state index in [0.717, 1.165) is 16.7 Å².